The summed E-state index contributed by atoms with van der Waals surface area (Å²) in [4.78, 5) is 30.3. The number of rotatable bonds is 8. The van der Waals surface area contributed by atoms with Gasteiger partial charge in [0, 0.05) is 30.9 Å². The topological polar surface area (TPSA) is 71.5 Å². The lowest BCUT2D eigenvalue weighted by Gasteiger charge is -2.18. The van der Waals surface area contributed by atoms with Crippen molar-refractivity contribution in [2.45, 2.75) is 34.1 Å². The van der Waals surface area contributed by atoms with Gasteiger partial charge in [0.2, 0.25) is 5.91 Å². The third-order valence-corrected chi connectivity index (χ3v) is 3.93. The molecule has 0 unspecified atom stereocenters. The van der Waals surface area contributed by atoms with Crippen LogP contribution in [0.2, 0.25) is 0 Å². The Hall–Kier alpha value is -1.63. The minimum absolute atomic E-state index is 0.117. The maximum Gasteiger partial charge on any atom is 0.358 e. The van der Waals surface area contributed by atoms with E-state index in [2.05, 4.69) is 10.3 Å². The van der Waals surface area contributed by atoms with Gasteiger partial charge in [-0.05, 0) is 27.7 Å². The van der Waals surface area contributed by atoms with E-state index in [9.17, 15) is 9.59 Å². The van der Waals surface area contributed by atoms with Gasteiger partial charge in [0.05, 0.1) is 6.61 Å². The molecule has 21 heavy (non-hydrogen) atoms. The molecule has 7 heteroatoms. The van der Waals surface area contributed by atoms with Crippen molar-refractivity contribution in [2.24, 2.45) is 0 Å². The minimum atomic E-state index is -0.404. The first-order valence-corrected chi connectivity index (χ1v) is 8.01. The number of ether oxygens (including phenoxy) is 1. The van der Waals surface area contributed by atoms with E-state index >= 15 is 0 Å². The van der Waals surface area contributed by atoms with E-state index in [0.29, 0.717) is 30.4 Å². The predicted octanol–water partition coefficient (Wildman–Crippen LogP) is 2.30. The van der Waals surface area contributed by atoms with Gasteiger partial charge in [-0.25, -0.2) is 9.78 Å². The van der Waals surface area contributed by atoms with E-state index in [1.165, 1.54) is 11.3 Å². The van der Waals surface area contributed by atoms with Crippen LogP contribution in [0.5, 0.6) is 0 Å². The minimum Gasteiger partial charge on any atom is -0.461 e. The fraction of sp³-hybridized carbons (Fsp3) is 0.643. The molecule has 118 valence electrons. The summed E-state index contributed by atoms with van der Waals surface area (Å²) in [6.45, 7) is 9.79. The normalized spacial score (nSPS) is 10.3. The molecule has 0 radical (unpaired) electrons. The number of nitrogens with one attached hydrogen (secondary N) is 1. The van der Waals surface area contributed by atoms with Crippen molar-refractivity contribution in [3.05, 3.63) is 10.6 Å². The van der Waals surface area contributed by atoms with Gasteiger partial charge in [-0.3, -0.25) is 4.79 Å². The van der Waals surface area contributed by atoms with Crippen LogP contribution in [0.1, 0.15) is 42.6 Å². The largest absolute Gasteiger partial charge is 0.461 e. The molecule has 0 aromatic carbocycles. The molecule has 1 heterocycles. The number of carbonyl (C=O) groups excluding carboxylic acids is 2. The Labute approximate surface area is 129 Å². The maximum absolute atomic E-state index is 11.9. The van der Waals surface area contributed by atoms with Crippen LogP contribution in [0.25, 0.3) is 0 Å². The first-order chi connectivity index (χ1) is 10.0. The van der Waals surface area contributed by atoms with Gasteiger partial charge in [-0.15, -0.1) is 11.3 Å². The Balaban J connectivity index is 2.51. The molecular weight excluding hydrogens is 290 g/mol. The molecule has 1 amide bonds. The van der Waals surface area contributed by atoms with E-state index in [1.807, 2.05) is 20.8 Å². The molecule has 1 aromatic heterocycles. The number of nitrogens with zero attached hydrogens (tertiary/aromatic N) is 2. The smallest absolute Gasteiger partial charge is 0.358 e. The first-order valence-electron chi connectivity index (χ1n) is 7.19. The SMILES string of the molecule is CCOC(=O)c1nc(NCCC(=O)N(CC)CC)sc1C. The van der Waals surface area contributed by atoms with Gasteiger partial charge in [0.15, 0.2) is 10.8 Å². The third-order valence-electron chi connectivity index (χ3n) is 3.00. The Bertz CT molecular complexity index is 484. The molecule has 0 bridgehead atoms. The third kappa shape index (κ3) is 5.00. The average Bonchev–Trinajstić information content (AvgIpc) is 2.81. The molecule has 1 N–H and O–H groups in total. The second kappa shape index (κ2) is 8.61. The Morgan fingerprint density at radius 3 is 2.52 bits per heavy atom. The summed E-state index contributed by atoms with van der Waals surface area (Å²) in [5.74, 6) is -0.287. The highest BCUT2D eigenvalue weighted by atomic mass is 32.1. The van der Waals surface area contributed by atoms with Gasteiger partial charge in [0.25, 0.3) is 0 Å². The Morgan fingerprint density at radius 1 is 1.29 bits per heavy atom. The van der Waals surface area contributed by atoms with Crippen LogP contribution in [-0.4, -0.2) is 48.0 Å². The highest BCUT2D eigenvalue weighted by Crippen LogP contribution is 2.22. The van der Waals surface area contributed by atoms with Gasteiger partial charge < -0.3 is 15.0 Å². The number of amides is 1. The molecule has 0 fully saturated rings. The summed E-state index contributed by atoms with van der Waals surface area (Å²) in [5, 5.41) is 3.73. The molecule has 0 saturated heterocycles. The summed E-state index contributed by atoms with van der Waals surface area (Å²) in [6, 6.07) is 0. The lowest BCUT2D eigenvalue weighted by Crippen LogP contribution is -2.31. The number of aromatic nitrogens is 1. The lowest BCUT2D eigenvalue weighted by molar-refractivity contribution is -0.130. The second-order valence-corrected chi connectivity index (χ2v) is 5.59. The average molecular weight is 313 g/mol. The van der Waals surface area contributed by atoms with Crippen molar-refractivity contribution in [2.75, 3.05) is 31.6 Å². The van der Waals surface area contributed by atoms with E-state index in [0.717, 1.165) is 18.0 Å². The van der Waals surface area contributed by atoms with Crippen molar-refractivity contribution in [1.82, 2.24) is 9.88 Å². The molecule has 0 aliphatic carbocycles. The van der Waals surface area contributed by atoms with Crippen LogP contribution in [0, 0.1) is 6.92 Å². The summed E-state index contributed by atoms with van der Waals surface area (Å²) in [5.41, 5.74) is 0.347. The molecule has 1 rings (SSSR count). The van der Waals surface area contributed by atoms with Crippen molar-refractivity contribution < 1.29 is 14.3 Å². The number of carbonyl (C=O) groups is 2. The molecule has 0 spiro atoms. The van der Waals surface area contributed by atoms with Crippen LogP contribution < -0.4 is 5.32 Å². The molecular formula is C14H23N3O3S. The highest BCUT2D eigenvalue weighted by molar-refractivity contribution is 7.15. The standard InChI is InChI=1S/C14H23N3O3S/c1-5-17(6-2)11(18)8-9-15-14-16-12(10(4)21-14)13(19)20-7-3/h5-9H2,1-4H3,(H,15,16). The van der Waals surface area contributed by atoms with Crippen LogP contribution in [-0.2, 0) is 9.53 Å². The zero-order chi connectivity index (χ0) is 15.8. The van der Waals surface area contributed by atoms with Crippen LogP contribution in [0.3, 0.4) is 0 Å². The molecule has 6 nitrogen and oxygen atoms in total. The quantitative estimate of drug-likeness (QED) is 0.746. The monoisotopic (exact) mass is 313 g/mol. The van der Waals surface area contributed by atoms with E-state index in [1.54, 1.807) is 11.8 Å². The fourth-order valence-corrected chi connectivity index (χ4v) is 2.70. The number of hydrogen-bond acceptors (Lipinski definition) is 6. The summed E-state index contributed by atoms with van der Waals surface area (Å²) < 4.78 is 4.94. The second-order valence-electron chi connectivity index (χ2n) is 4.39. The van der Waals surface area contributed by atoms with Gasteiger partial charge in [0.1, 0.15) is 0 Å². The molecule has 1 aromatic rings. The van der Waals surface area contributed by atoms with Crippen molar-refractivity contribution >= 4 is 28.3 Å². The van der Waals surface area contributed by atoms with E-state index in [4.69, 9.17) is 4.74 Å². The molecule has 0 aliphatic heterocycles. The number of aryl methyl sites for hydroxylation is 1. The van der Waals surface area contributed by atoms with Gasteiger partial charge >= 0.3 is 5.97 Å². The molecule has 0 atom stereocenters. The van der Waals surface area contributed by atoms with Crippen LogP contribution in [0.15, 0.2) is 0 Å². The summed E-state index contributed by atoms with van der Waals surface area (Å²) >= 11 is 1.39. The molecule has 0 aliphatic rings. The first kappa shape index (κ1) is 17.4. The van der Waals surface area contributed by atoms with Crippen molar-refractivity contribution in [3.63, 3.8) is 0 Å². The van der Waals surface area contributed by atoms with Crippen LogP contribution >= 0.6 is 11.3 Å². The Morgan fingerprint density at radius 2 is 1.95 bits per heavy atom. The van der Waals surface area contributed by atoms with E-state index in [-0.39, 0.29) is 5.91 Å². The molecule has 0 saturated carbocycles. The van der Waals surface area contributed by atoms with Gasteiger partial charge in [-0.1, -0.05) is 0 Å². The number of esters is 1. The van der Waals surface area contributed by atoms with Gasteiger partial charge in [-0.2, -0.15) is 0 Å². The van der Waals surface area contributed by atoms with E-state index < -0.39 is 5.97 Å². The fourth-order valence-electron chi connectivity index (χ4n) is 1.87. The summed E-state index contributed by atoms with van der Waals surface area (Å²) in [7, 11) is 0. The zero-order valence-electron chi connectivity index (χ0n) is 13.1. The summed E-state index contributed by atoms with van der Waals surface area (Å²) in [6.07, 6.45) is 0.412. The Kier molecular flexibility index (Phi) is 7.14. The van der Waals surface area contributed by atoms with Crippen molar-refractivity contribution in [1.29, 1.82) is 0 Å². The lowest BCUT2D eigenvalue weighted by atomic mass is 10.3. The number of hydrogen-bond donors (Lipinski definition) is 1. The highest BCUT2D eigenvalue weighted by Gasteiger charge is 2.16. The number of thiazole rings is 1. The maximum atomic E-state index is 11.9. The predicted molar refractivity (Wildman–Crippen MR) is 83.8 cm³/mol. The van der Waals surface area contributed by atoms with Crippen molar-refractivity contribution in [3.8, 4) is 0 Å². The van der Waals surface area contributed by atoms with Crippen LogP contribution in [0.4, 0.5) is 5.13 Å². The zero-order valence-corrected chi connectivity index (χ0v) is 13.9. The number of anilines is 1.